The van der Waals surface area contributed by atoms with Crippen LogP contribution in [0.5, 0.6) is 0 Å². The number of nitrogens with one attached hydrogen (secondary N) is 2. The molecule has 16 heavy (non-hydrogen) atoms. The third-order valence-corrected chi connectivity index (χ3v) is 1.62. The summed E-state index contributed by atoms with van der Waals surface area (Å²) in [5.74, 6) is -1.02. The number of amides is 2. The summed E-state index contributed by atoms with van der Waals surface area (Å²) in [6, 6.07) is -1.46. The first-order chi connectivity index (χ1) is 7.20. The van der Waals surface area contributed by atoms with E-state index in [0.29, 0.717) is 0 Å². The highest BCUT2D eigenvalue weighted by Crippen LogP contribution is 2.11. The van der Waals surface area contributed by atoms with Crippen LogP contribution in [0.3, 0.4) is 0 Å². The van der Waals surface area contributed by atoms with Crippen molar-refractivity contribution in [3.05, 3.63) is 0 Å². The van der Waals surface area contributed by atoms with Crippen LogP contribution in [0, 0.1) is 0 Å². The Bertz CT molecular complexity index is 255. The predicted molar refractivity (Wildman–Crippen MR) is 48.9 cm³/mol. The first-order valence-corrected chi connectivity index (χ1v) is 4.53. The van der Waals surface area contributed by atoms with Gasteiger partial charge in [-0.05, 0) is 13.3 Å². The molecule has 0 aliphatic heterocycles. The number of hydrogen-bond donors (Lipinski definition) is 3. The lowest BCUT2D eigenvalue weighted by atomic mass is 10.2. The standard InChI is InChI=1S/C8H13F3N2O3/c1-5(2-3-6(14)15)13-7(16)12-4-8(9,10)11/h5H,2-4H2,1H3,(H,14,15)(H2,12,13,16). The van der Waals surface area contributed by atoms with Crippen molar-refractivity contribution in [3.8, 4) is 0 Å². The van der Waals surface area contributed by atoms with Crippen molar-refractivity contribution in [2.24, 2.45) is 0 Å². The van der Waals surface area contributed by atoms with Crippen LogP contribution in [-0.4, -0.2) is 35.9 Å². The highest BCUT2D eigenvalue weighted by atomic mass is 19.4. The quantitative estimate of drug-likeness (QED) is 0.675. The van der Waals surface area contributed by atoms with Crippen molar-refractivity contribution in [2.75, 3.05) is 6.54 Å². The predicted octanol–water partition coefficient (Wildman–Crippen LogP) is 1.10. The molecule has 5 nitrogen and oxygen atoms in total. The lowest BCUT2D eigenvalue weighted by Gasteiger charge is -2.14. The lowest BCUT2D eigenvalue weighted by Crippen LogP contribution is -2.44. The average Bonchev–Trinajstić information content (AvgIpc) is 2.10. The monoisotopic (exact) mass is 242 g/mol. The van der Waals surface area contributed by atoms with Crippen LogP contribution < -0.4 is 10.6 Å². The maximum absolute atomic E-state index is 11.7. The summed E-state index contributed by atoms with van der Waals surface area (Å²) >= 11 is 0. The molecular formula is C8H13F3N2O3. The van der Waals surface area contributed by atoms with Gasteiger partial charge >= 0.3 is 18.2 Å². The van der Waals surface area contributed by atoms with Gasteiger partial charge in [0.05, 0.1) is 0 Å². The van der Waals surface area contributed by atoms with Gasteiger partial charge in [0.15, 0.2) is 0 Å². The summed E-state index contributed by atoms with van der Waals surface area (Å²) in [6.45, 7) is 0.0978. The van der Waals surface area contributed by atoms with Gasteiger partial charge in [0, 0.05) is 12.5 Å². The molecule has 0 aromatic heterocycles. The average molecular weight is 242 g/mol. The van der Waals surface area contributed by atoms with E-state index in [0.717, 1.165) is 0 Å². The van der Waals surface area contributed by atoms with Crippen LogP contribution in [0.4, 0.5) is 18.0 Å². The third kappa shape index (κ3) is 9.10. The smallest absolute Gasteiger partial charge is 0.405 e. The molecule has 94 valence electrons. The molecule has 0 bridgehead atoms. The fourth-order valence-corrected chi connectivity index (χ4v) is 0.867. The highest BCUT2D eigenvalue weighted by Gasteiger charge is 2.27. The third-order valence-electron chi connectivity index (χ3n) is 1.62. The molecule has 0 spiro atoms. The molecule has 0 radical (unpaired) electrons. The molecule has 8 heteroatoms. The van der Waals surface area contributed by atoms with Gasteiger partial charge < -0.3 is 15.7 Å². The van der Waals surface area contributed by atoms with E-state index >= 15 is 0 Å². The topological polar surface area (TPSA) is 78.4 Å². The fourth-order valence-electron chi connectivity index (χ4n) is 0.867. The number of carboxylic acids is 1. The fraction of sp³-hybridized carbons (Fsp3) is 0.750. The molecule has 0 heterocycles. The zero-order chi connectivity index (χ0) is 12.8. The zero-order valence-corrected chi connectivity index (χ0v) is 8.60. The molecule has 2 amide bonds. The minimum Gasteiger partial charge on any atom is -0.481 e. The Hall–Kier alpha value is -1.47. The van der Waals surface area contributed by atoms with Crippen molar-refractivity contribution < 1.29 is 27.9 Å². The number of hydrogen-bond acceptors (Lipinski definition) is 2. The minimum absolute atomic E-state index is 0.152. The first kappa shape index (κ1) is 14.5. The van der Waals surface area contributed by atoms with Crippen molar-refractivity contribution in [3.63, 3.8) is 0 Å². The Morgan fingerprint density at radius 3 is 2.38 bits per heavy atom. The number of halogens is 3. The molecule has 0 saturated carbocycles. The lowest BCUT2D eigenvalue weighted by molar-refractivity contribution is -0.137. The number of rotatable bonds is 5. The normalized spacial score (nSPS) is 13.0. The second-order valence-electron chi connectivity index (χ2n) is 3.28. The molecule has 0 rings (SSSR count). The van der Waals surface area contributed by atoms with Crippen LogP contribution in [0.25, 0.3) is 0 Å². The number of alkyl halides is 3. The molecule has 3 N–H and O–H groups in total. The van der Waals surface area contributed by atoms with E-state index in [4.69, 9.17) is 5.11 Å². The molecule has 1 atom stereocenters. The number of urea groups is 1. The van der Waals surface area contributed by atoms with Crippen molar-refractivity contribution >= 4 is 12.0 Å². The van der Waals surface area contributed by atoms with E-state index in [-0.39, 0.29) is 12.8 Å². The Labute approximate surface area is 90.0 Å². The summed E-state index contributed by atoms with van der Waals surface area (Å²) in [5.41, 5.74) is 0. The Balaban J connectivity index is 3.74. The molecule has 0 aromatic carbocycles. The Kier molecular flexibility index (Phi) is 5.62. The van der Waals surface area contributed by atoms with Crippen molar-refractivity contribution in [2.45, 2.75) is 32.0 Å². The van der Waals surface area contributed by atoms with Crippen LogP contribution >= 0.6 is 0 Å². The minimum atomic E-state index is -4.46. The molecule has 1 unspecified atom stereocenters. The summed E-state index contributed by atoms with van der Waals surface area (Å²) in [5, 5.41) is 12.1. The van der Waals surface area contributed by atoms with E-state index < -0.39 is 30.8 Å². The van der Waals surface area contributed by atoms with E-state index in [2.05, 4.69) is 5.32 Å². The maximum Gasteiger partial charge on any atom is 0.405 e. The first-order valence-electron chi connectivity index (χ1n) is 4.53. The van der Waals surface area contributed by atoms with Crippen LogP contribution in [-0.2, 0) is 4.79 Å². The van der Waals surface area contributed by atoms with Gasteiger partial charge in [-0.15, -0.1) is 0 Å². The van der Waals surface area contributed by atoms with Gasteiger partial charge in [-0.25, -0.2) is 4.79 Å². The van der Waals surface area contributed by atoms with Gasteiger partial charge in [0.2, 0.25) is 0 Å². The highest BCUT2D eigenvalue weighted by molar-refractivity contribution is 5.74. The number of carbonyl (C=O) groups excluding carboxylic acids is 1. The summed E-state index contributed by atoms with van der Waals surface area (Å²) in [7, 11) is 0. The number of carbonyl (C=O) groups is 2. The summed E-state index contributed by atoms with van der Waals surface area (Å²) < 4.78 is 35.1. The van der Waals surface area contributed by atoms with E-state index in [1.54, 1.807) is 5.32 Å². The van der Waals surface area contributed by atoms with Gasteiger partial charge in [0.25, 0.3) is 0 Å². The largest absolute Gasteiger partial charge is 0.481 e. The van der Waals surface area contributed by atoms with Crippen LogP contribution in [0.15, 0.2) is 0 Å². The second kappa shape index (κ2) is 6.19. The molecule has 0 aromatic rings. The Morgan fingerprint density at radius 1 is 1.38 bits per heavy atom. The number of carboxylic acid groups (broad SMARTS) is 1. The Morgan fingerprint density at radius 2 is 1.94 bits per heavy atom. The van der Waals surface area contributed by atoms with Crippen LogP contribution in [0.2, 0.25) is 0 Å². The van der Waals surface area contributed by atoms with Crippen molar-refractivity contribution in [1.82, 2.24) is 10.6 Å². The maximum atomic E-state index is 11.7. The van der Waals surface area contributed by atoms with Gasteiger partial charge in [-0.3, -0.25) is 4.79 Å². The van der Waals surface area contributed by atoms with Gasteiger partial charge in [0.1, 0.15) is 6.54 Å². The van der Waals surface area contributed by atoms with Gasteiger partial charge in [-0.1, -0.05) is 0 Å². The van der Waals surface area contributed by atoms with Crippen molar-refractivity contribution in [1.29, 1.82) is 0 Å². The summed E-state index contributed by atoms with van der Waals surface area (Å²) in [6.07, 6.45) is -4.45. The van der Waals surface area contributed by atoms with Gasteiger partial charge in [-0.2, -0.15) is 13.2 Å². The van der Waals surface area contributed by atoms with E-state index in [1.165, 1.54) is 6.92 Å². The van der Waals surface area contributed by atoms with Crippen LogP contribution in [0.1, 0.15) is 19.8 Å². The molecule has 0 saturated heterocycles. The molecular weight excluding hydrogens is 229 g/mol. The van der Waals surface area contributed by atoms with E-state index in [9.17, 15) is 22.8 Å². The second-order valence-corrected chi connectivity index (χ2v) is 3.28. The molecule has 0 fully saturated rings. The zero-order valence-electron chi connectivity index (χ0n) is 8.60. The van der Waals surface area contributed by atoms with E-state index in [1.807, 2.05) is 0 Å². The number of aliphatic carboxylic acids is 1. The SMILES string of the molecule is CC(CCC(=O)O)NC(=O)NCC(F)(F)F. The molecule has 0 aliphatic rings. The summed E-state index contributed by atoms with van der Waals surface area (Å²) in [4.78, 5) is 21.0. The molecule has 0 aliphatic carbocycles.